The number of aliphatic hydroxyl groups is 1. The van der Waals surface area contributed by atoms with Crippen LogP contribution in [0, 0.1) is 6.92 Å². The molecule has 3 rings (SSSR count). The van der Waals surface area contributed by atoms with Crippen LogP contribution in [-0.2, 0) is 6.42 Å². The summed E-state index contributed by atoms with van der Waals surface area (Å²) in [6.07, 6.45) is 0.248. The maximum Gasteiger partial charge on any atom is 0.130 e. The van der Waals surface area contributed by atoms with Crippen molar-refractivity contribution in [2.75, 3.05) is 26.3 Å². The van der Waals surface area contributed by atoms with Crippen LogP contribution < -0.4 is 14.8 Å². The molecule has 6 nitrogen and oxygen atoms in total. The molecule has 0 bridgehead atoms. The highest BCUT2D eigenvalue weighted by molar-refractivity contribution is 5.87. The largest absolute Gasteiger partial charge is 0.492 e. The fraction of sp³-hybridized carbons (Fsp3) is 0.381. The van der Waals surface area contributed by atoms with Crippen LogP contribution in [0.3, 0.4) is 0 Å². The molecule has 0 aliphatic heterocycles. The highest BCUT2D eigenvalue weighted by Gasteiger charge is 2.11. The summed E-state index contributed by atoms with van der Waals surface area (Å²) in [6.45, 7) is 5.96. The lowest BCUT2D eigenvalue weighted by molar-refractivity contribution is 0.106. The molecule has 3 N–H and O–H groups in total. The van der Waals surface area contributed by atoms with Gasteiger partial charge in [0.1, 0.15) is 30.8 Å². The van der Waals surface area contributed by atoms with E-state index in [1.165, 1.54) is 0 Å². The number of fused-ring (bicyclic) bond motifs is 1. The number of aromatic amines is 1. The van der Waals surface area contributed by atoms with Gasteiger partial charge in [-0.15, -0.1) is 0 Å². The summed E-state index contributed by atoms with van der Waals surface area (Å²) in [7, 11) is 0. The van der Waals surface area contributed by atoms with Crippen LogP contribution in [0.5, 0.6) is 11.5 Å². The predicted octanol–water partition coefficient (Wildman–Crippen LogP) is 2.84. The van der Waals surface area contributed by atoms with Crippen molar-refractivity contribution in [1.29, 1.82) is 0 Å². The molecule has 0 amide bonds. The quantitative estimate of drug-likeness (QED) is 0.479. The molecule has 0 radical (unpaired) electrons. The third kappa shape index (κ3) is 4.99. The van der Waals surface area contributed by atoms with Crippen LogP contribution in [0.15, 0.2) is 42.5 Å². The Morgan fingerprint density at radius 3 is 2.74 bits per heavy atom. The first kappa shape index (κ1) is 19.2. The summed E-state index contributed by atoms with van der Waals surface area (Å²) in [5.74, 6) is 1.64. The van der Waals surface area contributed by atoms with Crippen molar-refractivity contribution in [2.24, 2.45) is 0 Å². The Balaban J connectivity index is 1.41. The van der Waals surface area contributed by atoms with E-state index in [1.807, 2.05) is 49.4 Å². The van der Waals surface area contributed by atoms with Crippen LogP contribution in [0.1, 0.15) is 18.2 Å². The van der Waals surface area contributed by atoms with Crippen molar-refractivity contribution in [2.45, 2.75) is 26.4 Å². The van der Waals surface area contributed by atoms with Gasteiger partial charge < -0.3 is 19.9 Å². The van der Waals surface area contributed by atoms with Crippen molar-refractivity contribution < 1.29 is 14.6 Å². The fourth-order valence-corrected chi connectivity index (χ4v) is 2.94. The van der Waals surface area contributed by atoms with E-state index in [1.54, 1.807) is 0 Å². The zero-order valence-corrected chi connectivity index (χ0v) is 15.9. The number of hydrogen-bond donors (Lipinski definition) is 3. The van der Waals surface area contributed by atoms with E-state index in [2.05, 4.69) is 22.4 Å². The number of nitrogens with zero attached hydrogens (tertiary/aromatic N) is 1. The topological polar surface area (TPSA) is 79.4 Å². The molecular weight excluding hydrogens is 342 g/mol. The standard InChI is InChI=1S/C21H27N3O3/c1-3-17-21-18(24-23-17)8-6-10-20(21)27-14-16(25)13-22-11-12-26-19-9-5-4-7-15(19)2/h4-10,16,22,25H,3,11-14H2,1-2H3,(H,23,24)/t16-/m0/s1. The number of para-hydroxylation sites is 1. The number of aryl methyl sites for hydroxylation is 2. The summed E-state index contributed by atoms with van der Waals surface area (Å²) < 4.78 is 11.6. The molecular formula is C21H27N3O3. The molecule has 1 aromatic heterocycles. The van der Waals surface area contributed by atoms with Crippen molar-refractivity contribution in [3.8, 4) is 11.5 Å². The first-order valence-electron chi connectivity index (χ1n) is 9.35. The van der Waals surface area contributed by atoms with Crippen molar-refractivity contribution in [1.82, 2.24) is 15.5 Å². The van der Waals surface area contributed by atoms with E-state index in [0.717, 1.165) is 40.1 Å². The minimum Gasteiger partial charge on any atom is -0.492 e. The Hall–Kier alpha value is -2.57. The molecule has 0 saturated heterocycles. The molecule has 0 aliphatic carbocycles. The maximum atomic E-state index is 10.2. The van der Waals surface area contributed by atoms with Crippen molar-refractivity contribution in [3.63, 3.8) is 0 Å². The monoisotopic (exact) mass is 369 g/mol. The summed E-state index contributed by atoms with van der Waals surface area (Å²) in [5.41, 5.74) is 3.04. The number of nitrogens with one attached hydrogen (secondary N) is 2. The number of ether oxygens (including phenoxy) is 2. The average molecular weight is 369 g/mol. The normalized spacial score (nSPS) is 12.3. The zero-order chi connectivity index (χ0) is 19.1. The van der Waals surface area contributed by atoms with Gasteiger partial charge in [0.2, 0.25) is 0 Å². The summed E-state index contributed by atoms with van der Waals surface area (Å²) >= 11 is 0. The molecule has 0 aliphatic rings. The van der Waals surface area contributed by atoms with E-state index in [4.69, 9.17) is 9.47 Å². The molecule has 0 saturated carbocycles. The lowest BCUT2D eigenvalue weighted by atomic mass is 10.1. The van der Waals surface area contributed by atoms with Gasteiger partial charge in [-0.3, -0.25) is 5.10 Å². The smallest absolute Gasteiger partial charge is 0.130 e. The fourth-order valence-electron chi connectivity index (χ4n) is 2.94. The Morgan fingerprint density at radius 2 is 1.93 bits per heavy atom. The van der Waals surface area contributed by atoms with Crippen molar-refractivity contribution >= 4 is 10.9 Å². The Labute approximate surface area is 159 Å². The molecule has 2 aromatic carbocycles. The van der Waals surface area contributed by atoms with Crippen LogP contribution >= 0.6 is 0 Å². The van der Waals surface area contributed by atoms with Gasteiger partial charge in [-0.1, -0.05) is 31.2 Å². The van der Waals surface area contributed by atoms with Gasteiger partial charge in [0, 0.05) is 18.8 Å². The molecule has 3 aromatic rings. The van der Waals surface area contributed by atoms with Crippen LogP contribution in [0.25, 0.3) is 10.9 Å². The van der Waals surface area contributed by atoms with Gasteiger partial charge >= 0.3 is 0 Å². The van der Waals surface area contributed by atoms with E-state index in [-0.39, 0.29) is 6.61 Å². The third-order valence-electron chi connectivity index (χ3n) is 4.41. The molecule has 0 unspecified atom stereocenters. The summed E-state index contributed by atoms with van der Waals surface area (Å²) in [6, 6.07) is 13.7. The first-order valence-corrected chi connectivity index (χ1v) is 9.35. The van der Waals surface area contributed by atoms with Gasteiger partial charge in [-0.25, -0.2) is 0 Å². The predicted molar refractivity (Wildman–Crippen MR) is 107 cm³/mol. The highest BCUT2D eigenvalue weighted by Crippen LogP contribution is 2.27. The minimum absolute atomic E-state index is 0.221. The Bertz CT molecular complexity index is 863. The lowest BCUT2D eigenvalue weighted by Gasteiger charge is -2.14. The number of benzene rings is 2. The second-order valence-electron chi connectivity index (χ2n) is 6.49. The lowest BCUT2D eigenvalue weighted by Crippen LogP contribution is -2.33. The first-order chi connectivity index (χ1) is 13.2. The van der Waals surface area contributed by atoms with Crippen LogP contribution in [0.4, 0.5) is 0 Å². The molecule has 27 heavy (non-hydrogen) atoms. The minimum atomic E-state index is -0.601. The molecule has 1 heterocycles. The van der Waals surface area contributed by atoms with Gasteiger partial charge in [0.05, 0.1) is 10.9 Å². The molecule has 1 atom stereocenters. The molecule has 0 spiro atoms. The average Bonchev–Trinajstić information content (AvgIpc) is 3.11. The third-order valence-corrected chi connectivity index (χ3v) is 4.41. The molecule has 144 valence electrons. The van der Waals surface area contributed by atoms with Gasteiger partial charge in [0.25, 0.3) is 0 Å². The van der Waals surface area contributed by atoms with Gasteiger partial charge in [-0.2, -0.15) is 5.10 Å². The summed E-state index contributed by atoms with van der Waals surface area (Å²) in [4.78, 5) is 0. The van der Waals surface area contributed by atoms with Crippen molar-refractivity contribution in [3.05, 3.63) is 53.7 Å². The number of hydrogen-bond acceptors (Lipinski definition) is 5. The number of H-pyrrole nitrogens is 1. The van der Waals surface area contributed by atoms with Crippen LogP contribution in [-0.4, -0.2) is 47.7 Å². The SMILES string of the molecule is CCc1[nH]nc2cccc(OC[C@@H](O)CNCCOc3ccccc3C)c12. The number of aliphatic hydroxyl groups excluding tert-OH is 1. The highest BCUT2D eigenvalue weighted by atomic mass is 16.5. The zero-order valence-electron chi connectivity index (χ0n) is 15.9. The maximum absolute atomic E-state index is 10.2. The van der Waals surface area contributed by atoms with Gasteiger partial charge in [0.15, 0.2) is 0 Å². The Morgan fingerprint density at radius 1 is 1.11 bits per heavy atom. The second kappa shape index (κ2) is 9.39. The van der Waals surface area contributed by atoms with Gasteiger partial charge in [-0.05, 0) is 37.1 Å². The van der Waals surface area contributed by atoms with E-state index >= 15 is 0 Å². The number of rotatable bonds is 10. The van der Waals surface area contributed by atoms with E-state index in [9.17, 15) is 5.11 Å². The summed E-state index contributed by atoms with van der Waals surface area (Å²) in [5, 5.41) is 21.7. The Kier molecular flexibility index (Phi) is 6.68. The molecule has 6 heteroatoms. The number of aromatic nitrogens is 2. The second-order valence-corrected chi connectivity index (χ2v) is 6.49. The van der Waals surface area contributed by atoms with E-state index in [0.29, 0.717) is 19.7 Å². The van der Waals surface area contributed by atoms with E-state index < -0.39 is 6.10 Å². The molecule has 0 fully saturated rings. The van der Waals surface area contributed by atoms with Crippen LogP contribution in [0.2, 0.25) is 0 Å².